The van der Waals surface area contributed by atoms with Gasteiger partial charge >= 0.3 is 0 Å². The number of nitrogens with zero attached hydrogens (tertiary/aromatic N) is 3. The van der Waals surface area contributed by atoms with Gasteiger partial charge in [-0.15, -0.1) is 0 Å². The van der Waals surface area contributed by atoms with Crippen molar-refractivity contribution in [1.82, 2.24) is 15.0 Å². The second kappa shape index (κ2) is 8.32. The Hall–Kier alpha value is -2.38. The van der Waals surface area contributed by atoms with Crippen LogP contribution in [0.4, 0.5) is 0 Å². The summed E-state index contributed by atoms with van der Waals surface area (Å²) in [4.78, 5) is 6.96. The number of benzene rings is 2. The van der Waals surface area contributed by atoms with Crippen molar-refractivity contribution in [2.24, 2.45) is 0 Å². The number of hydrogen-bond acceptors (Lipinski definition) is 6. The first kappa shape index (κ1) is 19.0. The van der Waals surface area contributed by atoms with Gasteiger partial charge in [0.2, 0.25) is 11.7 Å². The summed E-state index contributed by atoms with van der Waals surface area (Å²) in [5.74, 6) is 2.86. The monoisotopic (exact) mass is 443 g/mol. The molecule has 0 unspecified atom stereocenters. The molecular formula is C21H22BrN3O3. The second-order valence-electron chi connectivity index (χ2n) is 6.76. The molecule has 1 saturated heterocycles. The highest BCUT2D eigenvalue weighted by atomic mass is 79.9. The molecule has 3 aromatic rings. The zero-order valence-corrected chi connectivity index (χ0v) is 17.5. The Morgan fingerprint density at radius 1 is 1.18 bits per heavy atom. The Bertz CT molecular complexity index is 960. The van der Waals surface area contributed by atoms with Gasteiger partial charge in [0.05, 0.1) is 20.8 Å². The number of ether oxygens (including phenoxy) is 2. The van der Waals surface area contributed by atoms with Crippen molar-refractivity contribution >= 4 is 15.9 Å². The van der Waals surface area contributed by atoms with Crippen molar-refractivity contribution in [2.45, 2.75) is 25.4 Å². The standard InChI is InChI=1S/C21H22BrN3O3/c1-26-16-8-9-17(19(12-16)27-2)18-7-4-10-25(18)13-20-23-21(24-28-20)14-5-3-6-15(22)11-14/h3,5-6,8-9,11-12,18H,4,7,10,13H2,1-2H3/t18-/m1/s1. The largest absolute Gasteiger partial charge is 0.497 e. The number of hydrogen-bond donors (Lipinski definition) is 0. The highest BCUT2D eigenvalue weighted by molar-refractivity contribution is 9.10. The van der Waals surface area contributed by atoms with Gasteiger partial charge in [0.15, 0.2) is 0 Å². The third-order valence-corrected chi connectivity index (χ3v) is 5.55. The lowest BCUT2D eigenvalue weighted by Crippen LogP contribution is -2.23. The average Bonchev–Trinajstić information content (AvgIpc) is 3.37. The van der Waals surface area contributed by atoms with Crippen LogP contribution in [0.15, 0.2) is 51.5 Å². The first-order valence-electron chi connectivity index (χ1n) is 9.22. The first-order chi connectivity index (χ1) is 13.7. The highest BCUT2D eigenvalue weighted by Gasteiger charge is 2.30. The molecule has 4 rings (SSSR count). The fourth-order valence-electron chi connectivity index (χ4n) is 3.70. The Labute approximate surface area is 172 Å². The maximum Gasteiger partial charge on any atom is 0.241 e. The van der Waals surface area contributed by atoms with E-state index in [1.807, 2.05) is 36.4 Å². The molecule has 28 heavy (non-hydrogen) atoms. The van der Waals surface area contributed by atoms with Gasteiger partial charge in [-0.1, -0.05) is 39.3 Å². The van der Waals surface area contributed by atoms with E-state index in [2.05, 4.69) is 37.0 Å². The van der Waals surface area contributed by atoms with Gasteiger partial charge in [-0.25, -0.2) is 0 Å². The topological polar surface area (TPSA) is 60.6 Å². The van der Waals surface area contributed by atoms with Crippen LogP contribution < -0.4 is 9.47 Å². The fourth-order valence-corrected chi connectivity index (χ4v) is 4.10. The Morgan fingerprint density at radius 2 is 2.07 bits per heavy atom. The van der Waals surface area contributed by atoms with E-state index >= 15 is 0 Å². The molecule has 1 aromatic heterocycles. The zero-order valence-electron chi connectivity index (χ0n) is 15.9. The van der Waals surface area contributed by atoms with Gasteiger partial charge in [0, 0.05) is 27.7 Å². The van der Waals surface area contributed by atoms with Crippen molar-refractivity contribution in [2.75, 3.05) is 20.8 Å². The van der Waals surface area contributed by atoms with E-state index in [9.17, 15) is 0 Å². The van der Waals surface area contributed by atoms with E-state index in [0.29, 0.717) is 18.3 Å². The number of methoxy groups -OCH3 is 2. The smallest absolute Gasteiger partial charge is 0.241 e. The van der Waals surface area contributed by atoms with Crippen molar-refractivity contribution in [3.63, 3.8) is 0 Å². The summed E-state index contributed by atoms with van der Waals surface area (Å²) in [7, 11) is 3.36. The highest BCUT2D eigenvalue weighted by Crippen LogP contribution is 2.39. The molecule has 0 saturated carbocycles. The third kappa shape index (κ3) is 3.91. The van der Waals surface area contributed by atoms with E-state index in [-0.39, 0.29) is 6.04 Å². The maximum absolute atomic E-state index is 5.61. The number of halogens is 1. The molecule has 2 heterocycles. The van der Waals surface area contributed by atoms with Crippen LogP contribution >= 0.6 is 15.9 Å². The van der Waals surface area contributed by atoms with E-state index in [1.165, 1.54) is 0 Å². The molecule has 1 fully saturated rings. The normalized spacial score (nSPS) is 17.0. The van der Waals surface area contributed by atoms with Crippen LogP contribution in [-0.4, -0.2) is 35.8 Å². The summed E-state index contributed by atoms with van der Waals surface area (Å²) >= 11 is 3.48. The Balaban J connectivity index is 1.54. The lowest BCUT2D eigenvalue weighted by Gasteiger charge is -2.25. The summed E-state index contributed by atoms with van der Waals surface area (Å²) in [6.45, 7) is 1.59. The quantitative estimate of drug-likeness (QED) is 0.542. The summed E-state index contributed by atoms with van der Waals surface area (Å²) in [5.41, 5.74) is 2.09. The average molecular weight is 444 g/mol. The minimum Gasteiger partial charge on any atom is -0.497 e. The van der Waals surface area contributed by atoms with Crippen molar-refractivity contribution in [3.05, 3.63) is 58.4 Å². The molecule has 0 amide bonds. The molecule has 2 aromatic carbocycles. The molecule has 0 bridgehead atoms. The van der Waals surface area contributed by atoms with Gasteiger partial charge < -0.3 is 14.0 Å². The maximum atomic E-state index is 5.61. The molecule has 0 radical (unpaired) electrons. The molecule has 0 aliphatic carbocycles. The molecule has 1 aliphatic heterocycles. The van der Waals surface area contributed by atoms with Crippen LogP contribution in [0.1, 0.15) is 30.3 Å². The molecular weight excluding hydrogens is 422 g/mol. The molecule has 1 atom stereocenters. The summed E-state index contributed by atoms with van der Waals surface area (Å²) in [6.07, 6.45) is 2.18. The molecule has 6 nitrogen and oxygen atoms in total. The van der Waals surface area contributed by atoms with Crippen molar-refractivity contribution < 1.29 is 14.0 Å². The van der Waals surface area contributed by atoms with Crippen molar-refractivity contribution in [3.8, 4) is 22.9 Å². The Kier molecular flexibility index (Phi) is 5.64. The minimum absolute atomic E-state index is 0.252. The summed E-state index contributed by atoms with van der Waals surface area (Å²) in [5, 5.41) is 4.15. The van der Waals surface area contributed by atoms with E-state index < -0.39 is 0 Å². The van der Waals surface area contributed by atoms with Crippen molar-refractivity contribution in [1.29, 1.82) is 0 Å². The van der Waals surface area contributed by atoms with E-state index in [0.717, 1.165) is 46.5 Å². The second-order valence-corrected chi connectivity index (χ2v) is 7.67. The Morgan fingerprint density at radius 3 is 2.86 bits per heavy atom. The molecule has 146 valence electrons. The molecule has 0 spiro atoms. The number of rotatable bonds is 6. The summed E-state index contributed by atoms with van der Waals surface area (Å²) in [6, 6.07) is 14.1. The molecule has 0 N–H and O–H groups in total. The van der Waals surface area contributed by atoms with Crippen LogP contribution in [-0.2, 0) is 6.54 Å². The van der Waals surface area contributed by atoms with Crippen LogP contribution in [0.3, 0.4) is 0 Å². The number of aromatic nitrogens is 2. The fraction of sp³-hybridized carbons (Fsp3) is 0.333. The van der Waals surface area contributed by atoms with Crippen LogP contribution in [0.2, 0.25) is 0 Å². The molecule has 7 heteroatoms. The predicted molar refractivity (Wildman–Crippen MR) is 109 cm³/mol. The first-order valence-corrected chi connectivity index (χ1v) is 10.0. The van der Waals surface area contributed by atoms with Gasteiger partial charge in [-0.3, -0.25) is 4.90 Å². The zero-order chi connectivity index (χ0) is 19.5. The van der Waals surface area contributed by atoms with Gasteiger partial charge in [-0.2, -0.15) is 4.98 Å². The predicted octanol–water partition coefficient (Wildman–Crippen LogP) is 4.85. The molecule has 1 aliphatic rings. The minimum atomic E-state index is 0.252. The number of likely N-dealkylation sites (tertiary alicyclic amines) is 1. The summed E-state index contributed by atoms with van der Waals surface area (Å²) < 4.78 is 17.4. The lowest BCUT2D eigenvalue weighted by molar-refractivity contribution is 0.209. The SMILES string of the molecule is COc1ccc([C@H]2CCCN2Cc2nc(-c3cccc(Br)c3)no2)c(OC)c1. The van der Waals surface area contributed by atoms with Gasteiger partial charge in [0.1, 0.15) is 11.5 Å². The van der Waals surface area contributed by atoms with Crippen LogP contribution in [0, 0.1) is 0 Å². The van der Waals surface area contributed by atoms with Crippen LogP contribution in [0.25, 0.3) is 11.4 Å². The van der Waals surface area contributed by atoms with Gasteiger partial charge in [0.25, 0.3) is 0 Å². The third-order valence-electron chi connectivity index (χ3n) is 5.05. The van der Waals surface area contributed by atoms with Gasteiger partial charge in [-0.05, 0) is 37.6 Å². The van der Waals surface area contributed by atoms with E-state index in [4.69, 9.17) is 14.0 Å². The van der Waals surface area contributed by atoms with Crippen LogP contribution in [0.5, 0.6) is 11.5 Å². The lowest BCUT2D eigenvalue weighted by atomic mass is 10.0. The van der Waals surface area contributed by atoms with E-state index in [1.54, 1.807) is 14.2 Å².